The van der Waals surface area contributed by atoms with Gasteiger partial charge in [0.05, 0.1) is 12.7 Å². The van der Waals surface area contributed by atoms with Crippen LogP contribution in [0.2, 0.25) is 0 Å². The van der Waals surface area contributed by atoms with Crippen LogP contribution in [0, 0.1) is 5.82 Å². The highest BCUT2D eigenvalue weighted by Crippen LogP contribution is 2.16. The Labute approximate surface area is 142 Å². The number of aromatic nitrogens is 2. The predicted molar refractivity (Wildman–Crippen MR) is 90.8 cm³/mol. The number of benzene rings is 1. The van der Waals surface area contributed by atoms with Gasteiger partial charge in [-0.3, -0.25) is 4.79 Å². The Hall–Kier alpha value is -2.67. The second-order valence-corrected chi connectivity index (χ2v) is 6.19. The third-order valence-electron chi connectivity index (χ3n) is 3.35. The molecule has 3 rings (SSSR count). The summed E-state index contributed by atoms with van der Waals surface area (Å²) in [7, 11) is 0. The summed E-state index contributed by atoms with van der Waals surface area (Å²) in [5.41, 5.74) is 0. The molecule has 0 fully saturated rings. The number of thiophene rings is 1. The molecule has 0 radical (unpaired) electrons. The molecule has 0 spiro atoms. The minimum atomic E-state index is -0.722. The number of nitrogens with zero attached hydrogens (tertiary/aromatic N) is 2. The van der Waals surface area contributed by atoms with Gasteiger partial charge in [-0.1, -0.05) is 6.07 Å². The van der Waals surface area contributed by atoms with E-state index in [4.69, 9.17) is 4.74 Å². The number of amides is 1. The molecular formula is C17H16FN3O2S. The summed E-state index contributed by atoms with van der Waals surface area (Å²) in [6.45, 7) is 2.23. The van der Waals surface area contributed by atoms with Crippen LogP contribution >= 0.6 is 11.3 Å². The molecule has 1 atom stereocenters. The molecule has 7 heteroatoms. The topological polar surface area (TPSA) is 56.1 Å². The molecule has 0 unspecified atom stereocenters. The molecule has 1 N–H and O–H groups in total. The zero-order chi connectivity index (χ0) is 16.9. The van der Waals surface area contributed by atoms with E-state index >= 15 is 0 Å². The molecule has 0 aliphatic carbocycles. The van der Waals surface area contributed by atoms with Crippen LogP contribution in [0.3, 0.4) is 0 Å². The maximum Gasteiger partial charge on any atom is 0.266 e. The molecule has 5 nitrogen and oxygen atoms in total. The molecule has 0 bridgehead atoms. The van der Waals surface area contributed by atoms with Crippen molar-refractivity contribution in [3.8, 4) is 5.75 Å². The first-order chi connectivity index (χ1) is 11.6. The molecule has 0 aliphatic heterocycles. The summed E-state index contributed by atoms with van der Waals surface area (Å²) in [5, 5.41) is 9.02. The van der Waals surface area contributed by atoms with Gasteiger partial charge in [-0.15, -0.1) is 11.3 Å². The van der Waals surface area contributed by atoms with E-state index in [1.54, 1.807) is 35.2 Å². The van der Waals surface area contributed by atoms with Gasteiger partial charge in [0.2, 0.25) is 0 Å². The van der Waals surface area contributed by atoms with Gasteiger partial charge in [0.15, 0.2) is 6.10 Å². The number of nitrogens with one attached hydrogen (secondary N) is 1. The number of hydrogen-bond acceptors (Lipinski definition) is 4. The first-order valence-corrected chi connectivity index (χ1v) is 8.27. The van der Waals surface area contributed by atoms with Crippen LogP contribution in [-0.4, -0.2) is 21.8 Å². The van der Waals surface area contributed by atoms with Crippen molar-refractivity contribution in [2.75, 3.05) is 5.32 Å². The summed E-state index contributed by atoms with van der Waals surface area (Å²) in [4.78, 5) is 13.4. The number of carbonyl (C=O) groups excluding carboxylic acids is 1. The number of halogens is 1. The van der Waals surface area contributed by atoms with Crippen molar-refractivity contribution in [3.05, 3.63) is 64.7 Å². The summed E-state index contributed by atoms with van der Waals surface area (Å²) in [6.07, 6.45) is 0.912. The first kappa shape index (κ1) is 16.2. The van der Waals surface area contributed by atoms with Crippen molar-refractivity contribution in [3.63, 3.8) is 0 Å². The quantitative estimate of drug-likeness (QED) is 0.743. The number of carbonyl (C=O) groups is 1. The lowest BCUT2D eigenvalue weighted by molar-refractivity contribution is -0.122. The van der Waals surface area contributed by atoms with Crippen LogP contribution in [0.5, 0.6) is 5.75 Å². The number of anilines is 1. The number of rotatable bonds is 6. The Morgan fingerprint density at radius 1 is 1.33 bits per heavy atom. The van der Waals surface area contributed by atoms with Gasteiger partial charge >= 0.3 is 0 Å². The highest BCUT2D eigenvalue weighted by molar-refractivity contribution is 7.09. The minimum Gasteiger partial charge on any atom is -0.481 e. The molecule has 1 amide bonds. The Morgan fingerprint density at radius 2 is 2.12 bits per heavy atom. The number of hydrogen-bond donors (Lipinski definition) is 1. The number of ether oxygens (including phenoxy) is 1. The fraction of sp³-hybridized carbons (Fsp3) is 0.176. The Balaban J connectivity index is 1.62. The maximum absolute atomic E-state index is 12.9. The van der Waals surface area contributed by atoms with Gasteiger partial charge in [-0.25, -0.2) is 9.07 Å². The second kappa shape index (κ2) is 7.27. The average molecular weight is 345 g/mol. The van der Waals surface area contributed by atoms with Crippen LogP contribution < -0.4 is 10.1 Å². The molecule has 1 aromatic carbocycles. The average Bonchev–Trinajstić information content (AvgIpc) is 3.22. The van der Waals surface area contributed by atoms with Crippen molar-refractivity contribution >= 4 is 23.1 Å². The molecule has 2 aromatic heterocycles. The standard InChI is InChI=1S/C17H16FN3O2S/c1-12(23-14-6-4-13(18)5-7-14)17(22)20-16-8-9-19-21(16)11-15-3-2-10-24-15/h2-10,12H,11H2,1H3,(H,20,22)/t12-/m1/s1. The van der Waals surface area contributed by atoms with E-state index in [2.05, 4.69) is 10.4 Å². The van der Waals surface area contributed by atoms with Crippen LogP contribution in [0.15, 0.2) is 54.0 Å². The third-order valence-corrected chi connectivity index (χ3v) is 4.21. The largest absolute Gasteiger partial charge is 0.481 e. The molecule has 3 aromatic rings. The van der Waals surface area contributed by atoms with Crippen LogP contribution in [0.25, 0.3) is 0 Å². The van der Waals surface area contributed by atoms with Gasteiger partial charge in [0, 0.05) is 10.9 Å². The van der Waals surface area contributed by atoms with Gasteiger partial charge in [-0.2, -0.15) is 5.10 Å². The molecule has 0 saturated carbocycles. The SMILES string of the molecule is C[C@@H](Oc1ccc(F)cc1)C(=O)Nc1ccnn1Cc1cccs1. The van der Waals surface area contributed by atoms with Gasteiger partial charge in [0.1, 0.15) is 17.4 Å². The minimum absolute atomic E-state index is 0.299. The van der Waals surface area contributed by atoms with E-state index in [0.29, 0.717) is 18.1 Å². The monoisotopic (exact) mass is 345 g/mol. The van der Waals surface area contributed by atoms with E-state index in [1.807, 2.05) is 17.5 Å². The molecule has 0 saturated heterocycles. The summed E-state index contributed by atoms with van der Waals surface area (Å²) in [5.74, 6) is 0.387. The fourth-order valence-corrected chi connectivity index (χ4v) is 2.80. The second-order valence-electron chi connectivity index (χ2n) is 5.16. The molecule has 24 heavy (non-hydrogen) atoms. The lowest BCUT2D eigenvalue weighted by Crippen LogP contribution is -2.31. The van der Waals surface area contributed by atoms with Gasteiger partial charge in [0.25, 0.3) is 5.91 Å². The van der Waals surface area contributed by atoms with Crippen molar-refractivity contribution in [2.24, 2.45) is 0 Å². The Bertz CT molecular complexity index is 800. The molecule has 124 valence electrons. The van der Waals surface area contributed by atoms with Gasteiger partial charge < -0.3 is 10.1 Å². The highest BCUT2D eigenvalue weighted by Gasteiger charge is 2.17. The summed E-state index contributed by atoms with van der Waals surface area (Å²) < 4.78 is 20.1. The van der Waals surface area contributed by atoms with Crippen LogP contribution in [0.1, 0.15) is 11.8 Å². The van der Waals surface area contributed by atoms with Crippen molar-refractivity contribution in [2.45, 2.75) is 19.6 Å². The van der Waals surface area contributed by atoms with E-state index < -0.39 is 6.10 Å². The first-order valence-electron chi connectivity index (χ1n) is 7.39. The lowest BCUT2D eigenvalue weighted by atomic mass is 10.3. The van der Waals surface area contributed by atoms with Crippen molar-refractivity contribution in [1.29, 1.82) is 0 Å². The van der Waals surface area contributed by atoms with E-state index in [1.165, 1.54) is 24.3 Å². The van der Waals surface area contributed by atoms with E-state index in [9.17, 15) is 9.18 Å². The Kier molecular flexibility index (Phi) is 4.90. The van der Waals surface area contributed by atoms with Crippen molar-refractivity contribution in [1.82, 2.24) is 9.78 Å². The van der Waals surface area contributed by atoms with Crippen LogP contribution in [-0.2, 0) is 11.3 Å². The normalized spacial score (nSPS) is 11.9. The zero-order valence-corrected chi connectivity index (χ0v) is 13.8. The van der Waals surface area contributed by atoms with E-state index in [-0.39, 0.29) is 11.7 Å². The Morgan fingerprint density at radius 3 is 2.83 bits per heavy atom. The van der Waals surface area contributed by atoms with Crippen molar-refractivity contribution < 1.29 is 13.9 Å². The molecule has 0 aliphatic rings. The summed E-state index contributed by atoms with van der Waals surface area (Å²) >= 11 is 1.63. The smallest absolute Gasteiger partial charge is 0.266 e. The molecule has 2 heterocycles. The zero-order valence-electron chi connectivity index (χ0n) is 13.0. The predicted octanol–water partition coefficient (Wildman–Crippen LogP) is 3.54. The third kappa shape index (κ3) is 3.99. The fourth-order valence-electron chi connectivity index (χ4n) is 2.11. The van der Waals surface area contributed by atoms with E-state index in [0.717, 1.165) is 4.88 Å². The van der Waals surface area contributed by atoms with Gasteiger partial charge in [-0.05, 0) is 42.6 Å². The maximum atomic E-state index is 12.9. The summed E-state index contributed by atoms with van der Waals surface area (Å²) in [6, 6.07) is 11.3. The van der Waals surface area contributed by atoms with Crippen LogP contribution in [0.4, 0.5) is 10.2 Å². The molecular weight excluding hydrogens is 329 g/mol. The highest BCUT2D eigenvalue weighted by atomic mass is 32.1. The lowest BCUT2D eigenvalue weighted by Gasteiger charge is -2.15.